The van der Waals surface area contributed by atoms with E-state index < -0.39 is 0 Å². The van der Waals surface area contributed by atoms with Gasteiger partial charge in [0.25, 0.3) is 0 Å². The van der Waals surface area contributed by atoms with E-state index in [1.807, 2.05) is 0 Å². The molecule has 4 heteroatoms. The zero-order valence-corrected chi connectivity index (χ0v) is 12.5. The van der Waals surface area contributed by atoms with Crippen LogP contribution in [0.4, 0.5) is 0 Å². The van der Waals surface area contributed by atoms with E-state index in [4.69, 9.17) is 4.74 Å². The Morgan fingerprint density at radius 3 is 2.59 bits per heavy atom. The summed E-state index contributed by atoms with van der Waals surface area (Å²) in [7, 11) is 1.35. The van der Waals surface area contributed by atoms with Crippen molar-refractivity contribution in [3.8, 4) is 23.7 Å². The van der Waals surface area contributed by atoms with Crippen LogP contribution in [0.2, 0.25) is 0 Å². The van der Waals surface area contributed by atoms with Crippen molar-refractivity contribution in [2.24, 2.45) is 11.8 Å². The van der Waals surface area contributed by atoms with Crippen molar-refractivity contribution in [1.82, 2.24) is 0 Å². The van der Waals surface area contributed by atoms with Crippen LogP contribution in [0.5, 0.6) is 0 Å². The lowest BCUT2D eigenvalue weighted by Gasteiger charge is -1.97. The largest absolute Gasteiger partial charge is 0.466 e. The lowest BCUT2D eigenvalue weighted by atomic mass is 10.1. The van der Waals surface area contributed by atoms with E-state index in [1.54, 1.807) is 24.3 Å². The van der Waals surface area contributed by atoms with Crippen LogP contribution in [0.1, 0.15) is 29.3 Å². The monoisotopic (exact) mass is 296 g/mol. The first-order valence-electron chi connectivity index (χ1n) is 6.93. The standard InChI is InChI=1S/C18H16O4/c1-13(19)22-12-17-11-16(17)6-4-3-5-14-7-9-15(10-8-14)18(20)21-2/h7-10,16-17H,11-12H2,1-2H3/t16-,17+/m1/s1. The fraction of sp³-hybridized carbons (Fsp3) is 0.333. The number of hydrogen-bond acceptors (Lipinski definition) is 4. The molecule has 2 rings (SSSR count). The summed E-state index contributed by atoms with van der Waals surface area (Å²) >= 11 is 0. The Balaban J connectivity index is 1.84. The van der Waals surface area contributed by atoms with E-state index in [0.29, 0.717) is 18.1 Å². The van der Waals surface area contributed by atoms with Crippen LogP contribution in [0.3, 0.4) is 0 Å². The third-order valence-electron chi connectivity index (χ3n) is 3.26. The van der Waals surface area contributed by atoms with Gasteiger partial charge in [-0.1, -0.05) is 11.8 Å². The summed E-state index contributed by atoms with van der Waals surface area (Å²) in [5.74, 6) is 11.6. The van der Waals surface area contributed by atoms with Gasteiger partial charge in [-0.3, -0.25) is 4.79 Å². The third-order valence-corrected chi connectivity index (χ3v) is 3.26. The Kier molecular flexibility index (Phi) is 5.22. The molecule has 4 nitrogen and oxygen atoms in total. The highest BCUT2D eigenvalue weighted by Gasteiger charge is 2.36. The Morgan fingerprint density at radius 2 is 1.95 bits per heavy atom. The number of rotatable bonds is 3. The van der Waals surface area contributed by atoms with Gasteiger partial charge in [-0.15, -0.1) is 0 Å². The second-order valence-electron chi connectivity index (χ2n) is 4.99. The highest BCUT2D eigenvalue weighted by atomic mass is 16.5. The molecule has 1 fully saturated rings. The van der Waals surface area contributed by atoms with Gasteiger partial charge in [0.2, 0.25) is 0 Å². The molecule has 0 unspecified atom stereocenters. The molecule has 1 aromatic rings. The Morgan fingerprint density at radius 1 is 1.23 bits per heavy atom. The highest BCUT2D eigenvalue weighted by Crippen LogP contribution is 2.37. The predicted molar refractivity (Wildman–Crippen MR) is 80.7 cm³/mol. The number of ether oxygens (including phenoxy) is 2. The fourth-order valence-corrected chi connectivity index (χ4v) is 1.87. The van der Waals surface area contributed by atoms with Gasteiger partial charge in [-0.05, 0) is 42.5 Å². The second kappa shape index (κ2) is 7.33. The van der Waals surface area contributed by atoms with E-state index in [2.05, 4.69) is 28.4 Å². The van der Waals surface area contributed by atoms with E-state index in [-0.39, 0.29) is 17.9 Å². The summed E-state index contributed by atoms with van der Waals surface area (Å²) < 4.78 is 9.55. The normalized spacial score (nSPS) is 18.1. The maximum atomic E-state index is 11.3. The first-order valence-corrected chi connectivity index (χ1v) is 6.93. The lowest BCUT2D eigenvalue weighted by molar-refractivity contribution is -0.141. The first-order chi connectivity index (χ1) is 10.6. The van der Waals surface area contributed by atoms with E-state index in [9.17, 15) is 9.59 Å². The maximum Gasteiger partial charge on any atom is 0.337 e. The van der Waals surface area contributed by atoms with Gasteiger partial charge in [0.05, 0.1) is 19.3 Å². The molecule has 0 spiro atoms. The van der Waals surface area contributed by atoms with Crippen molar-refractivity contribution >= 4 is 11.9 Å². The molecule has 112 valence electrons. The van der Waals surface area contributed by atoms with Crippen LogP contribution < -0.4 is 0 Å². The first kappa shape index (κ1) is 15.7. The summed E-state index contributed by atoms with van der Waals surface area (Å²) in [6, 6.07) is 6.84. The van der Waals surface area contributed by atoms with Gasteiger partial charge in [0, 0.05) is 24.3 Å². The minimum atomic E-state index is -0.369. The van der Waals surface area contributed by atoms with E-state index in [0.717, 1.165) is 12.0 Å². The molecule has 22 heavy (non-hydrogen) atoms. The summed E-state index contributed by atoms with van der Waals surface area (Å²) in [5, 5.41) is 0. The average Bonchev–Trinajstić information content (AvgIpc) is 3.28. The Bertz CT molecular complexity index is 680. The SMILES string of the molecule is COC(=O)c1ccc(C#CC#C[C@@H]2C[C@H]2COC(C)=O)cc1. The molecule has 2 atom stereocenters. The molecule has 0 N–H and O–H groups in total. The van der Waals surface area contributed by atoms with Gasteiger partial charge in [0.1, 0.15) is 0 Å². The molecule has 1 aromatic carbocycles. The van der Waals surface area contributed by atoms with Crippen LogP contribution in [-0.2, 0) is 14.3 Å². The number of carbonyl (C=O) groups is 2. The zero-order valence-electron chi connectivity index (χ0n) is 12.5. The number of benzene rings is 1. The minimum Gasteiger partial charge on any atom is -0.466 e. The molecule has 0 heterocycles. The number of carbonyl (C=O) groups excluding carboxylic acids is 2. The molecule has 1 aliphatic rings. The molecular formula is C18H16O4. The van der Waals surface area contributed by atoms with Gasteiger partial charge < -0.3 is 9.47 Å². The van der Waals surface area contributed by atoms with E-state index >= 15 is 0 Å². The quantitative estimate of drug-likeness (QED) is 0.632. The molecule has 0 bridgehead atoms. The third kappa shape index (κ3) is 4.68. The van der Waals surface area contributed by atoms with Crippen LogP contribution >= 0.6 is 0 Å². The van der Waals surface area contributed by atoms with Crippen molar-refractivity contribution < 1.29 is 19.1 Å². The summed E-state index contributed by atoms with van der Waals surface area (Å²) in [5.41, 5.74) is 1.28. The molecule has 0 amide bonds. The number of hydrogen-bond donors (Lipinski definition) is 0. The van der Waals surface area contributed by atoms with Crippen LogP contribution in [-0.4, -0.2) is 25.7 Å². The number of esters is 2. The topological polar surface area (TPSA) is 52.6 Å². The van der Waals surface area contributed by atoms with Crippen molar-refractivity contribution in [1.29, 1.82) is 0 Å². The summed E-state index contributed by atoms with van der Waals surface area (Å²) in [4.78, 5) is 22.0. The smallest absolute Gasteiger partial charge is 0.337 e. The molecular weight excluding hydrogens is 280 g/mol. The van der Waals surface area contributed by atoms with Crippen LogP contribution in [0, 0.1) is 35.5 Å². The fourth-order valence-electron chi connectivity index (χ4n) is 1.87. The van der Waals surface area contributed by atoms with Crippen LogP contribution in [0.15, 0.2) is 24.3 Å². The van der Waals surface area contributed by atoms with Gasteiger partial charge >= 0.3 is 11.9 Å². The van der Waals surface area contributed by atoms with Crippen molar-refractivity contribution in [3.05, 3.63) is 35.4 Å². The van der Waals surface area contributed by atoms with Crippen molar-refractivity contribution in [2.75, 3.05) is 13.7 Å². The maximum absolute atomic E-state index is 11.3. The van der Waals surface area contributed by atoms with Gasteiger partial charge in [-0.2, -0.15) is 0 Å². The molecule has 0 aromatic heterocycles. The minimum absolute atomic E-state index is 0.256. The van der Waals surface area contributed by atoms with Gasteiger partial charge in [-0.25, -0.2) is 4.79 Å². The van der Waals surface area contributed by atoms with Crippen molar-refractivity contribution in [2.45, 2.75) is 13.3 Å². The van der Waals surface area contributed by atoms with Gasteiger partial charge in [0.15, 0.2) is 0 Å². The van der Waals surface area contributed by atoms with Crippen molar-refractivity contribution in [3.63, 3.8) is 0 Å². The Labute approximate surface area is 129 Å². The predicted octanol–water partition coefficient (Wildman–Crippen LogP) is 2.03. The average molecular weight is 296 g/mol. The van der Waals surface area contributed by atoms with E-state index in [1.165, 1.54) is 14.0 Å². The molecule has 1 saturated carbocycles. The summed E-state index contributed by atoms with van der Waals surface area (Å²) in [6.07, 6.45) is 0.954. The molecule has 0 saturated heterocycles. The zero-order chi connectivity index (χ0) is 15.9. The number of methoxy groups -OCH3 is 1. The molecule has 0 aliphatic heterocycles. The lowest BCUT2D eigenvalue weighted by Crippen LogP contribution is -2.02. The summed E-state index contributed by atoms with van der Waals surface area (Å²) in [6.45, 7) is 1.84. The van der Waals surface area contributed by atoms with Crippen LogP contribution in [0.25, 0.3) is 0 Å². The second-order valence-corrected chi connectivity index (χ2v) is 4.99. The Hall–Kier alpha value is -2.72. The highest BCUT2D eigenvalue weighted by molar-refractivity contribution is 5.89. The molecule has 1 aliphatic carbocycles. The molecule has 0 radical (unpaired) electrons.